The summed E-state index contributed by atoms with van der Waals surface area (Å²) < 4.78 is 1.98. The van der Waals surface area contributed by atoms with Gasteiger partial charge >= 0.3 is 0 Å². The number of hydrogen-bond acceptors (Lipinski definition) is 2. The fraction of sp³-hybridized carbons (Fsp3) is 0.167. The van der Waals surface area contributed by atoms with Gasteiger partial charge in [0.2, 0.25) is 0 Å². The van der Waals surface area contributed by atoms with Crippen molar-refractivity contribution in [3.05, 3.63) is 67.0 Å². The van der Waals surface area contributed by atoms with E-state index in [-0.39, 0.29) is 5.91 Å². The number of carbonyl (C=O) groups is 1. The van der Waals surface area contributed by atoms with E-state index in [1.165, 1.54) is 0 Å². The van der Waals surface area contributed by atoms with Crippen LogP contribution in [-0.4, -0.2) is 26.7 Å². The van der Waals surface area contributed by atoms with Crippen molar-refractivity contribution in [2.75, 3.05) is 6.54 Å². The van der Waals surface area contributed by atoms with Crippen LogP contribution in [-0.2, 0) is 0 Å². The summed E-state index contributed by atoms with van der Waals surface area (Å²) in [6, 6.07) is 13.6. The molecule has 2 aromatic heterocycles. The fourth-order valence-electron chi connectivity index (χ4n) is 2.84. The van der Waals surface area contributed by atoms with Crippen molar-refractivity contribution in [1.29, 1.82) is 0 Å². The van der Waals surface area contributed by atoms with Crippen LogP contribution in [0.25, 0.3) is 16.9 Å². The molecule has 4 heteroatoms. The average Bonchev–Trinajstić information content (AvgIpc) is 3.23. The molecule has 0 atom stereocenters. The van der Waals surface area contributed by atoms with Crippen molar-refractivity contribution in [2.45, 2.75) is 12.8 Å². The molecule has 3 aromatic rings. The number of hydrogen-bond donors (Lipinski definition) is 0. The molecule has 22 heavy (non-hydrogen) atoms. The van der Waals surface area contributed by atoms with Gasteiger partial charge in [0.25, 0.3) is 5.91 Å². The van der Waals surface area contributed by atoms with E-state index >= 15 is 0 Å². The predicted molar refractivity (Wildman–Crippen MR) is 85.2 cm³/mol. The van der Waals surface area contributed by atoms with Crippen LogP contribution in [0.15, 0.2) is 54.9 Å². The fourth-order valence-corrected chi connectivity index (χ4v) is 2.84. The third-order valence-electron chi connectivity index (χ3n) is 3.98. The number of nitrogens with zero attached hydrogens (tertiary/aromatic N) is 3. The first kappa shape index (κ1) is 13.1. The summed E-state index contributed by atoms with van der Waals surface area (Å²) in [5.41, 5.74) is 3.47. The Labute approximate surface area is 129 Å². The molecule has 1 fully saturated rings. The first-order valence-electron chi connectivity index (χ1n) is 7.50. The minimum Gasteiger partial charge on any atom is -0.334 e. The summed E-state index contributed by atoms with van der Waals surface area (Å²) in [5, 5.41) is 0. The van der Waals surface area contributed by atoms with Crippen molar-refractivity contribution in [3.8, 4) is 11.3 Å². The lowest BCUT2D eigenvalue weighted by atomic mass is 10.1. The van der Waals surface area contributed by atoms with Crippen molar-refractivity contribution in [3.63, 3.8) is 0 Å². The summed E-state index contributed by atoms with van der Waals surface area (Å²) in [5.74, 6) is 0.0723. The number of pyridine rings is 1. The molecule has 1 aromatic carbocycles. The van der Waals surface area contributed by atoms with E-state index < -0.39 is 0 Å². The van der Waals surface area contributed by atoms with Gasteiger partial charge in [-0.05, 0) is 37.1 Å². The van der Waals surface area contributed by atoms with Crippen LogP contribution >= 0.6 is 0 Å². The maximum atomic E-state index is 12.5. The van der Waals surface area contributed by atoms with Gasteiger partial charge in [0.1, 0.15) is 5.65 Å². The summed E-state index contributed by atoms with van der Waals surface area (Å²) in [6.45, 7) is 2.80. The lowest BCUT2D eigenvalue weighted by Gasteiger charge is -2.14. The standard InChI is InChI=1S/C18H16N3O/c22-18(20-9-3-4-10-20)15-7-5-6-14(12-15)16-13-21-11-2-1-8-17(21)19-16/h1-2,5-9,11-13H,3-4,10H2. The highest BCUT2D eigenvalue weighted by Gasteiger charge is 2.20. The van der Waals surface area contributed by atoms with Crippen molar-refractivity contribution in [2.24, 2.45) is 0 Å². The van der Waals surface area contributed by atoms with Crippen molar-refractivity contribution < 1.29 is 4.79 Å². The maximum Gasteiger partial charge on any atom is 0.254 e. The Kier molecular flexibility index (Phi) is 3.15. The number of fused-ring (bicyclic) bond motifs is 1. The highest BCUT2D eigenvalue weighted by Crippen LogP contribution is 2.22. The third-order valence-corrected chi connectivity index (χ3v) is 3.98. The molecule has 0 bridgehead atoms. The van der Waals surface area contributed by atoms with Gasteiger partial charge in [-0.25, -0.2) is 4.98 Å². The van der Waals surface area contributed by atoms with E-state index in [2.05, 4.69) is 4.98 Å². The monoisotopic (exact) mass is 290 g/mol. The second-order valence-corrected chi connectivity index (χ2v) is 5.50. The molecule has 1 amide bonds. The van der Waals surface area contributed by atoms with Gasteiger partial charge in [0.05, 0.1) is 12.2 Å². The maximum absolute atomic E-state index is 12.5. The molecule has 1 aliphatic rings. The highest BCUT2D eigenvalue weighted by atomic mass is 16.2. The molecule has 4 rings (SSSR count). The lowest BCUT2D eigenvalue weighted by molar-refractivity contribution is 0.0821. The molecule has 1 radical (unpaired) electrons. The zero-order valence-electron chi connectivity index (χ0n) is 12.1. The highest BCUT2D eigenvalue weighted by molar-refractivity contribution is 5.96. The topological polar surface area (TPSA) is 37.6 Å². The van der Waals surface area contributed by atoms with E-state index in [0.29, 0.717) is 5.56 Å². The first-order valence-corrected chi connectivity index (χ1v) is 7.50. The van der Waals surface area contributed by atoms with E-state index in [9.17, 15) is 4.79 Å². The summed E-state index contributed by atoms with van der Waals surface area (Å²) in [6.07, 6.45) is 6.00. The van der Waals surface area contributed by atoms with Gasteiger partial charge in [0, 0.05) is 30.1 Å². The molecular weight excluding hydrogens is 274 g/mol. The summed E-state index contributed by atoms with van der Waals surface area (Å²) in [4.78, 5) is 18.9. The van der Waals surface area contributed by atoms with Gasteiger partial charge in [-0.2, -0.15) is 0 Å². The van der Waals surface area contributed by atoms with Crippen LogP contribution in [0.2, 0.25) is 0 Å². The van der Waals surface area contributed by atoms with E-state index in [4.69, 9.17) is 0 Å². The molecule has 4 nitrogen and oxygen atoms in total. The molecular formula is C18H16N3O. The van der Waals surface area contributed by atoms with Gasteiger partial charge in [-0.1, -0.05) is 18.2 Å². The Morgan fingerprint density at radius 2 is 2.09 bits per heavy atom. The Morgan fingerprint density at radius 3 is 2.91 bits per heavy atom. The van der Waals surface area contributed by atoms with Gasteiger partial charge in [-0.3, -0.25) is 4.79 Å². The van der Waals surface area contributed by atoms with Gasteiger partial charge < -0.3 is 9.30 Å². The van der Waals surface area contributed by atoms with Crippen molar-refractivity contribution >= 4 is 11.6 Å². The molecule has 0 aliphatic carbocycles. The van der Waals surface area contributed by atoms with Crippen LogP contribution in [0.5, 0.6) is 0 Å². The Balaban J connectivity index is 1.70. The van der Waals surface area contributed by atoms with E-state index in [0.717, 1.165) is 36.3 Å². The normalized spacial score (nSPS) is 14.6. The Bertz CT molecular complexity index is 798. The second kappa shape index (κ2) is 5.30. The number of imidazole rings is 1. The molecule has 3 heterocycles. The number of rotatable bonds is 2. The lowest BCUT2D eigenvalue weighted by Crippen LogP contribution is -2.24. The molecule has 0 N–H and O–H groups in total. The Hall–Kier alpha value is -2.62. The van der Waals surface area contributed by atoms with Crippen molar-refractivity contribution in [1.82, 2.24) is 14.3 Å². The minimum atomic E-state index is 0.0723. The van der Waals surface area contributed by atoms with Gasteiger partial charge in [0.15, 0.2) is 0 Å². The predicted octanol–water partition coefficient (Wildman–Crippen LogP) is 3.40. The molecule has 109 valence electrons. The zero-order valence-corrected chi connectivity index (χ0v) is 12.1. The average molecular weight is 290 g/mol. The first-order chi connectivity index (χ1) is 10.8. The molecule has 0 unspecified atom stereocenters. The molecule has 0 saturated carbocycles. The summed E-state index contributed by atoms with van der Waals surface area (Å²) >= 11 is 0. The van der Waals surface area contributed by atoms with Crippen LogP contribution < -0.4 is 0 Å². The molecule has 0 spiro atoms. The van der Waals surface area contributed by atoms with Crippen LogP contribution in [0.1, 0.15) is 23.2 Å². The molecule has 1 saturated heterocycles. The SMILES string of the molecule is O=C(c1cccc(-c2cn3ccccc3n2)c1)N1[CH]CCC1. The van der Waals surface area contributed by atoms with E-state index in [1.54, 1.807) is 0 Å². The smallest absolute Gasteiger partial charge is 0.254 e. The second-order valence-electron chi connectivity index (χ2n) is 5.50. The summed E-state index contributed by atoms with van der Waals surface area (Å²) in [7, 11) is 0. The van der Waals surface area contributed by atoms with Crippen LogP contribution in [0, 0.1) is 6.54 Å². The number of amides is 1. The number of benzene rings is 1. The number of likely N-dealkylation sites (tertiary alicyclic amines) is 1. The van der Waals surface area contributed by atoms with E-state index in [1.807, 2.05) is 70.7 Å². The minimum absolute atomic E-state index is 0.0723. The number of carbonyl (C=O) groups excluding carboxylic acids is 1. The zero-order chi connectivity index (χ0) is 14.9. The Morgan fingerprint density at radius 1 is 1.14 bits per heavy atom. The van der Waals surface area contributed by atoms with Crippen LogP contribution in [0.4, 0.5) is 0 Å². The number of aromatic nitrogens is 2. The largest absolute Gasteiger partial charge is 0.334 e. The third kappa shape index (κ3) is 2.26. The molecule has 1 aliphatic heterocycles. The quantitative estimate of drug-likeness (QED) is 0.725. The van der Waals surface area contributed by atoms with Crippen LogP contribution in [0.3, 0.4) is 0 Å². The van der Waals surface area contributed by atoms with Gasteiger partial charge in [-0.15, -0.1) is 0 Å².